The third-order valence-electron chi connectivity index (χ3n) is 4.10. The summed E-state index contributed by atoms with van der Waals surface area (Å²) in [5.74, 6) is 0.0678. The topological polar surface area (TPSA) is 41.1 Å². The van der Waals surface area contributed by atoms with Gasteiger partial charge >= 0.3 is 0 Å². The molecule has 3 rings (SSSR count). The van der Waals surface area contributed by atoms with Crippen molar-refractivity contribution in [2.75, 3.05) is 6.54 Å². The lowest BCUT2D eigenvalue weighted by molar-refractivity contribution is 0.0856. The van der Waals surface area contributed by atoms with Crippen LogP contribution in [0.3, 0.4) is 0 Å². The largest absolute Gasteiger partial charge is 0.348 e. The lowest BCUT2D eigenvalue weighted by atomic mass is 9.70. The number of piperidine rings is 1. The zero-order chi connectivity index (χ0) is 12.6. The van der Waals surface area contributed by atoms with Crippen LogP contribution in [0.4, 0.5) is 0 Å². The second-order valence-electron chi connectivity index (χ2n) is 5.32. The summed E-state index contributed by atoms with van der Waals surface area (Å²) < 4.78 is 0.900. The maximum atomic E-state index is 12.2. The Hall–Kier alpha value is -0.390. The Labute approximate surface area is 119 Å². The van der Waals surface area contributed by atoms with Crippen molar-refractivity contribution in [1.82, 2.24) is 10.6 Å². The molecule has 98 valence electrons. The van der Waals surface area contributed by atoms with E-state index in [2.05, 4.69) is 26.6 Å². The first kappa shape index (κ1) is 12.6. The molecule has 3 nitrogen and oxygen atoms in total. The van der Waals surface area contributed by atoms with E-state index in [0.717, 1.165) is 28.7 Å². The number of carbonyl (C=O) groups excluding carboxylic acids is 1. The molecule has 5 heteroatoms. The highest BCUT2D eigenvalue weighted by Gasteiger charge is 2.41. The van der Waals surface area contributed by atoms with Gasteiger partial charge in [0, 0.05) is 16.1 Å². The zero-order valence-corrected chi connectivity index (χ0v) is 12.6. The molecule has 1 saturated carbocycles. The predicted molar refractivity (Wildman–Crippen MR) is 77.1 cm³/mol. The number of hydrogen-bond donors (Lipinski definition) is 2. The average Bonchev–Trinajstić information content (AvgIpc) is 2.74. The van der Waals surface area contributed by atoms with Crippen molar-refractivity contribution >= 4 is 33.2 Å². The zero-order valence-electron chi connectivity index (χ0n) is 10.2. The molecule has 0 bridgehead atoms. The maximum absolute atomic E-state index is 12.2. The molecule has 1 aliphatic heterocycles. The van der Waals surface area contributed by atoms with Crippen molar-refractivity contribution in [2.24, 2.45) is 0 Å². The Balaban J connectivity index is 1.62. The van der Waals surface area contributed by atoms with Crippen LogP contribution in [0.2, 0.25) is 0 Å². The molecule has 2 N–H and O–H groups in total. The van der Waals surface area contributed by atoms with Gasteiger partial charge < -0.3 is 10.6 Å². The summed E-state index contributed by atoms with van der Waals surface area (Å²) in [6.45, 7) is 1.02. The van der Waals surface area contributed by atoms with E-state index in [0.29, 0.717) is 11.6 Å². The maximum Gasteiger partial charge on any atom is 0.262 e. The molecule has 2 aliphatic rings. The van der Waals surface area contributed by atoms with Gasteiger partial charge in [0.25, 0.3) is 5.91 Å². The lowest BCUT2D eigenvalue weighted by Gasteiger charge is -2.48. The van der Waals surface area contributed by atoms with Crippen molar-refractivity contribution in [3.63, 3.8) is 0 Å². The van der Waals surface area contributed by atoms with E-state index in [9.17, 15) is 4.79 Å². The van der Waals surface area contributed by atoms with Gasteiger partial charge in [0.15, 0.2) is 0 Å². The van der Waals surface area contributed by atoms with Gasteiger partial charge in [0.1, 0.15) is 4.88 Å². The summed E-state index contributed by atoms with van der Waals surface area (Å²) >= 11 is 4.91. The number of halogens is 1. The van der Waals surface area contributed by atoms with Gasteiger partial charge in [-0.15, -0.1) is 11.3 Å². The molecule has 18 heavy (non-hydrogen) atoms. The second kappa shape index (κ2) is 4.94. The molecule has 0 radical (unpaired) electrons. The van der Waals surface area contributed by atoms with E-state index in [4.69, 9.17) is 0 Å². The van der Waals surface area contributed by atoms with Crippen LogP contribution in [-0.4, -0.2) is 24.0 Å². The summed E-state index contributed by atoms with van der Waals surface area (Å²) in [7, 11) is 0. The fraction of sp³-hybridized carbons (Fsp3) is 0.615. The Morgan fingerprint density at radius 2 is 2.39 bits per heavy atom. The molecular weight excluding hydrogens is 312 g/mol. The SMILES string of the molecule is O=C(NC1CCNC2(CCC2)C1)c1sccc1Br. The molecule has 0 aromatic carbocycles. The van der Waals surface area contributed by atoms with E-state index in [1.807, 2.05) is 11.4 Å². The first-order valence-electron chi connectivity index (χ1n) is 6.47. The minimum atomic E-state index is 0.0678. The van der Waals surface area contributed by atoms with Crippen LogP contribution in [0.15, 0.2) is 15.9 Å². The standard InChI is InChI=1S/C13H17BrN2OS/c14-10-3-7-18-11(10)12(17)16-9-2-6-15-13(8-9)4-1-5-13/h3,7,9,15H,1-2,4-6,8H2,(H,16,17). The third-order valence-corrected chi connectivity index (χ3v) is 5.94. The highest BCUT2D eigenvalue weighted by molar-refractivity contribution is 9.10. The molecular formula is C13H17BrN2OS. The summed E-state index contributed by atoms with van der Waals surface area (Å²) in [4.78, 5) is 12.9. The molecule has 2 heterocycles. The monoisotopic (exact) mass is 328 g/mol. The van der Waals surface area contributed by atoms with E-state index >= 15 is 0 Å². The van der Waals surface area contributed by atoms with E-state index in [1.54, 1.807) is 0 Å². The Morgan fingerprint density at radius 1 is 1.56 bits per heavy atom. The molecule has 1 atom stereocenters. The number of rotatable bonds is 2. The number of hydrogen-bond acceptors (Lipinski definition) is 3. The van der Waals surface area contributed by atoms with Crippen molar-refractivity contribution < 1.29 is 4.79 Å². The third kappa shape index (κ3) is 2.36. The summed E-state index contributed by atoms with van der Waals surface area (Å²) in [5.41, 5.74) is 0.336. The van der Waals surface area contributed by atoms with Crippen molar-refractivity contribution in [3.05, 3.63) is 20.8 Å². The molecule has 1 amide bonds. The highest BCUT2D eigenvalue weighted by Crippen LogP contribution is 2.38. The quantitative estimate of drug-likeness (QED) is 0.876. The minimum absolute atomic E-state index is 0.0678. The molecule has 1 aliphatic carbocycles. The first-order valence-corrected chi connectivity index (χ1v) is 8.15. The van der Waals surface area contributed by atoms with Crippen LogP contribution < -0.4 is 10.6 Å². The van der Waals surface area contributed by atoms with Crippen molar-refractivity contribution in [2.45, 2.75) is 43.7 Å². The van der Waals surface area contributed by atoms with Crippen LogP contribution in [0.5, 0.6) is 0 Å². The fourth-order valence-corrected chi connectivity index (χ4v) is 4.43. The van der Waals surface area contributed by atoms with Crippen LogP contribution >= 0.6 is 27.3 Å². The van der Waals surface area contributed by atoms with Crippen LogP contribution in [0.25, 0.3) is 0 Å². The lowest BCUT2D eigenvalue weighted by Crippen LogP contribution is -2.59. The second-order valence-corrected chi connectivity index (χ2v) is 7.09. The van der Waals surface area contributed by atoms with Gasteiger partial charge in [-0.2, -0.15) is 0 Å². The van der Waals surface area contributed by atoms with Crippen LogP contribution in [-0.2, 0) is 0 Å². The van der Waals surface area contributed by atoms with Gasteiger partial charge in [0.2, 0.25) is 0 Å². The average molecular weight is 329 g/mol. The van der Waals surface area contributed by atoms with Gasteiger partial charge in [-0.05, 0) is 66.0 Å². The van der Waals surface area contributed by atoms with Crippen LogP contribution in [0.1, 0.15) is 41.8 Å². The van der Waals surface area contributed by atoms with Gasteiger partial charge in [-0.1, -0.05) is 0 Å². The molecule has 2 fully saturated rings. The van der Waals surface area contributed by atoms with Crippen LogP contribution in [0, 0.1) is 0 Å². The smallest absolute Gasteiger partial charge is 0.262 e. The van der Waals surface area contributed by atoms with Gasteiger partial charge in [-0.25, -0.2) is 0 Å². The Kier molecular flexibility index (Phi) is 3.47. The normalized spacial score (nSPS) is 25.7. The summed E-state index contributed by atoms with van der Waals surface area (Å²) in [6, 6.07) is 2.25. The number of nitrogens with one attached hydrogen (secondary N) is 2. The van der Waals surface area contributed by atoms with Gasteiger partial charge in [-0.3, -0.25) is 4.79 Å². The number of amides is 1. The molecule has 1 aromatic rings. The van der Waals surface area contributed by atoms with Gasteiger partial charge in [0.05, 0.1) is 0 Å². The fourth-order valence-electron chi connectivity index (χ4n) is 2.97. The van der Waals surface area contributed by atoms with E-state index < -0.39 is 0 Å². The number of carbonyl (C=O) groups is 1. The van der Waals surface area contributed by atoms with Crippen molar-refractivity contribution in [1.29, 1.82) is 0 Å². The van der Waals surface area contributed by atoms with Crippen molar-refractivity contribution in [3.8, 4) is 0 Å². The van der Waals surface area contributed by atoms with E-state index in [1.165, 1.54) is 30.6 Å². The molecule has 1 saturated heterocycles. The summed E-state index contributed by atoms with van der Waals surface area (Å²) in [5, 5.41) is 8.75. The molecule has 1 unspecified atom stereocenters. The Bertz CT molecular complexity index is 456. The number of thiophene rings is 1. The highest BCUT2D eigenvalue weighted by atomic mass is 79.9. The van der Waals surface area contributed by atoms with E-state index in [-0.39, 0.29) is 5.91 Å². The first-order chi connectivity index (χ1) is 8.69. The summed E-state index contributed by atoms with van der Waals surface area (Å²) in [6.07, 6.45) is 5.98. The Morgan fingerprint density at radius 3 is 3.00 bits per heavy atom. The molecule has 1 spiro atoms. The minimum Gasteiger partial charge on any atom is -0.348 e. The molecule has 1 aromatic heterocycles. The predicted octanol–water partition coefficient (Wildman–Crippen LogP) is 2.92.